The minimum Gasteiger partial charge on any atom is -0.321 e. The summed E-state index contributed by atoms with van der Waals surface area (Å²) in [4.78, 5) is 37.4. The van der Waals surface area contributed by atoms with Gasteiger partial charge in [-0.15, -0.1) is 11.3 Å². The molecule has 3 N–H and O–H groups in total. The topological polar surface area (TPSA) is 87.3 Å². The lowest BCUT2D eigenvalue weighted by molar-refractivity contribution is -0.117. The molecule has 170 valence electrons. The standard InChI is InChI=1S/C26H20ClN3O3S/c1-16-7-13-20-21(15-16)34-24(23(20)27)26(33)28-19-11-9-18(10-12-19)25(32)30-29-22(31)14-8-17-5-3-2-4-6-17/h2-15H,1H3,(H,28,33)(H,29,31)(H,30,32)/b14-8+. The van der Waals surface area contributed by atoms with Crippen molar-refractivity contribution in [3.8, 4) is 0 Å². The van der Waals surface area contributed by atoms with Crippen LogP contribution in [0.5, 0.6) is 0 Å². The molecule has 0 saturated heterocycles. The number of aryl methyl sites for hydroxylation is 1. The molecule has 0 unspecified atom stereocenters. The average Bonchev–Trinajstić information content (AvgIpc) is 3.17. The summed E-state index contributed by atoms with van der Waals surface area (Å²) in [6, 6.07) is 21.5. The van der Waals surface area contributed by atoms with Crippen LogP contribution in [0.1, 0.15) is 31.2 Å². The number of benzene rings is 3. The van der Waals surface area contributed by atoms with Crippen molar-refractivity contribution in [2.24, 2.45) is 0 Å². The van der Waals surface area contributed by atoms with Gasteiger partial charge in [-0.1, -0.05) is 54.1 Å². The second kappa shape index (κ2) is 10.3. The molecule has 34 heavy (non-hydrogen) atoms. The summed E-state index contributed by atoms with van der Waals surface area (Å²) in [6.45, 7) is 1.98. The summed E-state index contributed by atoms with van der Waals surface area (Å²) in [5.74, 6) is -1.27. The minimum atomic E-state index is -0.484. The van der Waals surface area contributed by atoms with E-state index in [2.05, 4.69) is 16.2 Å². The first-order valence-electron chi connectivity index (χ1n) is 10.3. The lowest BCUT2D eigenvalue weighted by atomic mass is 10.2. The highest BCUT2D eigenvalue weighted by molar-refractivity contribution is 7.21. The van der Waals surface area contributed by atoms with Crippen LogP contribution in [0.15, 0.2) is 78.9 Å². The molecule has 1 aromatic heterocycles. The van der Waals surface area contributed by atoms with Crippen LogP contribution in [0.2, 0.25) is 5.02 Å². The molecule has 3 amide bonds. The number of hydrazine groups is 1. The summed E-state index contributed by atoms with van der Waals surface area (Å²) in [5.41, 5.74) is 7.49. The first-order chi connectivity index (χ1) is 16.4. The fraction of sp³-hybridized carbons (Fsp3) is 0.0385. The Morgan fingerprint density at radius 2 is 1.62 bits per heavy atom. The molecule has 0 saturated carbocycles. The van der Waals surface area contributed by atoms with Gasteiger partial charge in [0.05, 0.1) is 5.02 Å². The molecule has 0 spiro atoms. The molecule has 6 nitrogen and oxygen atoms in total. The minimum absolute atomic E-state index is 0.320. The van der Waals surface area contributed by atoms with Gasteiger partial charge in [0.2, 0.25) is 0 Å². The van der Waals surface area contributed by atoms with E-state index in [0.29, 0.717) is 21.2 Å². The van der Waals surface area contributed by atoms with Crippen molar-refractivity contribution in [2.45, 2.75) is 6.92 Å². The molecule has 0 atom stereocenters. The predicted octanol–water partition coefficient (Wildman–Crippen LogP) is 5.59. The normalized spacial score (nSPS) is 10.9. The number of nitrogens with one attached hydrogen (secondary N) is 3. The largest absolute Gasteiger partial charge is 0.321 e. The highest BCUT2D eigenvalue weighted by Gasteiger charge is 2.17. The van der Waals surface area contributed by atoms with E-state index in [-0.39, 0.29) is 5.91 Å². The Morgan fingerprint density at radius 3 is 2.35 bits per heavy atom. The quantitative estimate of drug-likeness (QED) is 0.252. The Balaban J connectivity index is 1.34. The molecule has 8 heteroatoms. The van der Waals surface area contributed by atoms with Crippen molar-refractivity contribution in [1.82, 2.24) is 10.9 Å². The molecular formula is C26H20ClN3O3S. The van der Waals surface area contributed by atoms with E-state index in [1.54, 1.807) is 30.3 Å². The molecule has 0 fully saturated rings. The van der Waals surface area contributed by atoms with Crippen molar-refractivity contribution in [3.05, 3.63) is 105 Å². The van der Waals surface area contributed by atoms with Crippen molar-refractivity contribution in [3.63, 3.8) is 0 Å². The first kappa shape index (κ1) is 23.2. The van der Waals surface area contributed by atoms with Crippen LogP contribution in [-0.4, -0.2) is 17.7 Å². The molecular weight excluding hydrogens is 470 g/mol. The number of carbonyl (C=O) groups is 3. The van der Waals surface area contributed by atoms with Gasteiger partial charge in [0.1, 0.15) is 4.88 Å². The number of fused-ring (bicyclic) bond motifs is 1. The Morgan fingerprint density at radius 1 is 0.882 bits per heavy atom. The lowest BCUT2D eigenvalue weighted by Crippen LogP contribution is -2.40. The van der Waals surface area contributed by atoms with Gasteiger partial charge in [0, 0.05) is 27.4 Å². The van der Waals surface area contributed by atoms with Gasteiger partial charge in [-0.25, -0.2) is 0 Å². The van der Waals surface area contributed by atoms with Crippen LogP contribution >= 0.6 is 22.9 Å². The maximum absolute atomic E-state index is 12.7. The van der Waals surface area contributed by atoms with Crippen molar-refractivity contribution in [2.75, 3.05) is 5.32 Å². The maximum atomic E-state index is 12.7. The van der Waals surface area contributed by atoms with E-state index in [1.165, 1.54) is 17.4 Å². The number of carbonyl (C=O) groups excluding carboxylic acids is 3. The fourth-order valence-electron chi connectivity index (χ4n) is 3.18. The van der Waals surface area contributed by atoms with Crippen molar-refractivity contribution < 1.29 is 14.4 Å². The Bertz CT molecular complexity index is 1400. The van der Waals surface area contributed by atoms with Gasteiger partial charge in [-0.2, -0.15) is 0 Å². The summed E-state index contributed by atoms with van der Waals surface area (Å²) in [6.07, 6.45) is 2.97. The molecule has 4 aromatic rings. The van der Waals surface area contributed by atoms with Gasteiger partial charge in [-0.3, -0.25) is 25.2 Å². The van der Waals surface area contributed by atoms with Gasteiger partial charge in [0.25, 0.3) is 17.7 Å². The third-order valence-corrected chi connectivity index (χ3v) is 6.58. The zero-order valence-electron chi connectivity index (χ0n) is 18.1. The van der Waals surface area contributed by atoms with Gasteiger partial charge < -0.3 is 5.32 Å². The van der Waals surface area contributed by atoms with E-state index in [1.807, 2.05) is 55.5 Å². The predicted molar refractivity (Wildman–Crippen MR) is 137 cm³/mol. The average molecular weight is 490 g/mol. The Hall–Kier alpha value is -3.94. The van der Waals surface area contributed by atoms with E-state index >= 15 is 0 Å². The Kier molecular flexibility index (Phi) is 7.06. The van der Waals surface area contributed by atoms with E-state index < -0.39 is 11.8 Å². The zero-order chi connectivity index (χ0) is 24.1. The zero-order valence-corrected chi connectivity index (χ0v) is 19.7. The highest BCUT2D eigenvalue weighted by atomic mass is 35.5. The van der Waals surface area contributed by atoms with Gasteiger partial charge >= 0.3 is 0 Å². The van der Waals surface area contributed by atoms with Crippen molar-refractivity contribution >= 4 is 62.5 Å². The lowest BCUT2D eigenvalue weighted by Gasteiger charge is -2.07. The Labute approximate surface area is 205 Å². The van der Waals surface area contributed by atoms with Gasteiger partial charge in [0.15, 0.2) is 0 Å². The number of anilines is 1. The van der Waals surface area contributed by atoms with Crippen LogP contribution in [0.4, 0.5) is 5.69 Å². The van der Waals surface area contributed by atoms with Crippen molar-refractivity contribution in [1.29, 1.82) is 0 Å². The molecule has 4 rings (SSSR count). The number of thiophene rings is 1. The van der Waals surface area contributed by atoms with E-state index in [0.717, 1.165) is 21.2 Å². The SMILES string of the molecule is Cc1ccc2c(Cl)c(C(=O)Nc3ccc(C(=O)NNC(=O)/C=C/c4ccccc4)cc3)sc2c1. The molecule has 3 aromatic carbocycles. The second-order valence-corrected chi connectivity index (χ2v) is 8.89. The number of amides is 3. The summed E-state index contributed by atoms with van der Waals surface area (Å²) in [7, 11) is 0. The molecule has 0 aliphatic rings. The van der Waals surface area contributed by atoms with Crippen LogP contribution in [0.25, 0.3) is 16.2 Å². The van der Waals surface area contributed by atoms with Crippen LogP contribution in [0.3, 0.4) is 0 Å². The summed E-state index contributed by atoms with van der Waals surface area (Å²) in [5, 5.41) is 4.06. The third kappa shape index (κ3) is 5.51. The van der Waals surface area contributed by atoms with Gasteiger partial charge in [-0.05, 0) is 54.5 Å². The van der Waals surface area contributed by atoms with E-state index in [9.17, 15) is 14.4 Å². The van der Waals surface area contributed by atoms with Crippen LogP contribution in [0, 0.1) is 6.92 Å². The molecule has 0 radical (unpaired) electrons. The van der Waals surface area contributed by atoms with E-state index in [4.69, 9.17) is 11.6 Å². The summed E-state index contributed by atoms with van der Waals surface area (Å²) >= 11 is 7.74. The molecule has 0 aliphatic carbocycles. The monoisotopic (exact) mass is 489 g/mol. The second-order valence-electron chi connectivity index (χ2n) is 7.46. The number of hydrogen-bond acceptors (Lipinski definition) is 4. The highest BCUT2D eigenvalue weighted by Crippen LogP contribution is 2.36. The van der Waals surface area contributed by atoms with Crippen LogP contribution in [-0.2, 0) is 4.79 Å². The molecule has 1 heterocycles. The summed E-state index contributed by atoms with van der Waals surface area (Å²) < 4.78 is 0.947. The first-order valence-corrected chi connectivity index (χ1v) is 11.5. The number of rotatable bonds is 5. The smallest absolute Gasteiger partial charge is 0.269 e. The fourth-order valence-corrected chi connectivity index (χ4v) is 4.69. The number of halogens is 1. The molecule has 0 aliphatic heterocycles. The van der Waals surface area contributed by atoms with Crippen LogP contribution < -0.4 is 16.2 Å². The molecule has 0 bridgehead atoms. The number of hydrogen-bond donors (Lipinski definition) is 3. The third-order valence-electron chi connectivity index (χ3n) is 4.92. The maximum Gasteiger partial charge on any atom is 0.269 e.